The van der Waals surface area contributed by atoms with Gasteiger partial charge in [0.25, 0.3) is 5.91 Å². The lowest BCUT2D eigenvalue weighted by Crippen LogP contribution is -2.51. The van der Waals surface area contributed by atoms with Gasteiger partial charge >= 0.3 is 0 Å². The van der Waals surface area contributed by atoms with Crippen molar-refractivity contribution in [3.05, 3.63) is 35.4 Å². The molecule has 116 valence electrons. The van der Waals surface area contributed by atoms with Gasteiger partial charge in [-0.1, -0.05) is 48.8 Å². The highest BCUT2D eigenvalue weighted by Gasteiger charge is 2.29. The molecule has 4 heteroatoms. The Morgan fingerprint density at radius 1 is 1.33 bits per heavy atom. The largest absolute Gasteiger partial charge is 0.373 e. The van der Waals surface area contributed by atoms with Crippen LogP contribution in [-0.2, 0) is 10.2 Å². The molecule has 2 rings (SSSR count). The first-order chi connectivity index (χ1) is 9.82. The molecule has 1 amide bonds. The number of halogens is 1. The molecule has 3 nitrogen and oxygen atoms in total. The number of nitrogens with zero attached hydrogens (tertiary/aromatic N) is 1. The van der Waals surface area contributed by atoms with Crippen molar-refractivity contribution in [2.75, 3.05) is 18.5 Å². The fourth-order valence-electron chi connectivity index (χ4n) is 2.47. The number of amides is 1. The maximum atomic E-state index is 12.7. The number of benzene rings is 1. The van der Waals surface area contributed by atoms with Gasteiger partial charge in [0.05, 0.1) is 18.8 Å². The summed E-state index contributed by atoms with van der Waals surface area (Å²) < 4.78 is 5.68. The second-order valence-corrected chi connectivity index (χ2v) is 7.39. The van der Waals surface area contributed by atoms with Crippen molar-refractivity contribution in [2.24, 2.45) is 0 Å². The molecule has 0 aliphatic carbocycles. The van der Waals surface area contributed by atoms with Crippen LogP contribution < -0.4 is 0 Å². The van der Waals surface area contributed by atoms with Gasteiger partial charge in [0.2, 0.25) is 0 Å². The highest BCUT2D eigenvalue weighted by molar-refractivity contribution is 9.09. The number of rotatable bonds is 2. The fraction of sp³-hybridized carbons (Fsp3) is 0.588. The van der Waals surface area contributed by atoms with Crippen LogP contribution in [0.1, 0.15) is 43.6 Å². The Balaban J connectivity index is 2.15. The Bertz CT molecular complexity index is 493. The van der Waals surface area contributed by atoms with E-state index >= 15 is 0 Å². The summed E-state index contributed by atoms with van der Waals surface area (Å²) in [5.41, 5.74) is 2.10. The molecule has 1 aliphatic heterocycles. The molecule has 0 radical (unpaired) electrons. The van der Waals surface area contributed by atoms with Crippen molar-refractivity contribution in [3.8, 4) is 0 Å². The first kappa shape index (κ1) is 16.5. The van der Waals surface area contributed by atoms with Crippen LogP contribution in [0.5, 0.6) is 0 Å². The van der Waals surface area contributed by atoms with Crippen molar-refractivity contribution < 1.29 is 9.53 Å². The van der Waals surface area contributed by atoms with E-state index in [0.717, 1.165) is 10.9 Å². The SMILES string of the molecule is CC1COC(CBr)CN1C(=O)c1ccc(C(C)(C)C)cc1. The van der Waals surface area contributed by atoms with Crippen LogP contribution in [0, 0.1) is 0 Å². The Labute approximate surface area is 135 Å². The molecule has 1 aliphatic rings. The molecule has 0 saturated carbocycles. The minimum absolute atomic E-state index is 0.0824. The predicted molar refractivity (Wildman–Crippen MR) is 89.2 cm³/mol. The summed E-state index contributed by atoms with van der Waals surface area (Å²) in [5.74, 6) is 0.0946. The third-order valence-electron chi connectivity index (χ3n) is 3.94. The van der Waals surface area contributed by atoms with E-state index in [4.69, 9.17) is 4.74 Å². The number of ether oxygens (including phenoxy) is 1. The van der Waals surface area contributed by atoms with Crippen molar-refractivity contribution in [2.45, 2.75) is 45.3 Å². The molecule has 0 N–H and O–H groups in total. The van der Waals surface area contributed by atoms with Crippen molar-refractivity contribution in [3.63, 3.8) is 0 Å². The average molecular weight is 354 g/mol. The molecule has 0 aromatic heterocycles. The van der Waals surface area contributed by atoms with Crippen molar-refractivity contribution in [1.82, 2.24) is 4.90 Å². The van der Waals surface area contributed by atoms with Gasteiger partial charge in [-0.2, -0.15) is 0 Å². The number of hydrogen-bond acceptors (Lipinski definition) is 2. The standard InChI is InChI=1S/C17H24BrNO2/c1-12-11-21-15(9-18)10-19(12)16(20)13-5-7-14(8-6-13)17(2,3)4/h5-8,12,15H,9-11H2,1-4H3. The molecule has 0 spiro atoms. The van der Waals surface area contributed by atoms with Gasteiger partial charge in [0.1, 0.15) is 0 Å². The van der Waals surface area contributed by atoms with Gasteiger partial charge in [0.15, 0.2) is 0 Å². The van der Waals surface area contributed by atoms with Crippen molar-refractivity contribution in [1.29, 1.82) is 0 Å². The minimum Gasteiger partial charge on any atom is -0.373 e. The van der Waals surface area contributed by atoms with Gasteiger partial charge in [-0.25, -0.2) is 0 Å². The zero-order valence-electron chi connectivity index (χ0n) is 13.2. The summed E-state index contributed by atoms with van der Waals surface area (Å²) in [6.07, 6.45) is 0.0824. The Kier molecular flexibility index (Phi) is 5.10. The predicted octanol–water partition coefficient (Wildman–Crippen LogP) is 3.61. The summed E-state index contributed by atoms with van der Waals surface area (Å²) in [6, 6.07) is 8.11. The molecular formula is C17H24BrNO2. The third-order valence-corrected chi connectivity index (χ3v) is 4.66. The van der Waals surface area contributed by atoms with E-state index in [2.05, 4.69) is 48.8 Å². The maximum Gasteiger partial charge on any atom is 0.254 e. The third kappa shape index (κ3) is 3.86. The normalized spacial score (nSPS) is 23.2. The van der Waals surface area contributed by atoms with Crippen LogP contribution in [0.25, 0.3) is 0 Å². The summed E-state index contributed by atoms with van der Waals surface area (Å²) in [4.78, 5) is 14.6. The molecule has 0 bridgehead atoms. The molecule has 1 aromatic carbocycles. The summed E-state index contributed by atoms with van der Waals surface area (Å²) in [6.45, 7) is 9.80. The van der Waals surface area contributed by atoms with Gasteiger partial charge in [0, 0.05) is 17.4 Å². The Morgan fingerprint density at radius 3 is 2.48 bits per heavy atom. The van der Waals surface area contributed by atoms with E-state index in [1.54, 1.807) is 0 Å². The van der Waals surface area contributed by atoms with E-state index in [1.807, 2.05) is 24.0 Å². The minimum atomic E-state index is 0.0824. The zero-order valence-corrected chi connectivity index (χ0v) is 14.8. The fourth-order valence-corrected chi connectivity index (χ4v) is 2.86. The van der Waals surface area contributed by atoms with Crippen LogP contribution in [0.2, 0.25) is 0 Å². The van der Waals surface area contributed by atoms with Gasteiger partial charge < -0.3 is 9.64 Å². The molecule has 1 saturated heterocycles. The lowest BCUT2D eigenvalue weighted by molar-refractivity contribution is -0.0361. The highest BCUT2D eigenvalue weighted by Crippen LogP contribution is 2.23. The molecule has 1 heterocycles. The number of alkyl halides is 1. The number of morpholine rings is 1. The van der Waals surface area contributed by atoms with Gasteiger partial charge in [-0.05, 0) is 30.0 Å². The van der Waals surface area contributed by atoms with Crippen LogP contribution in [0.15, 0.2) is 24.3 Å². The topological polar surface area (TPSA) is 29.5 Å². The van der Waals surface area contributed by atoms with Crippen molar-refractivity contribution >= 4 is 21.8 Å². The Morgan fingerprint density at radius 2 is 1.95 bits per heavy atom. The zero-order chi connectivity index (χ0) is 15.6. The quantitative estimate of drug-likeness (QED) is 0.760. The van der Waals surface area contributed by atoms with Gasteiger partial charge in [-0.3, -0.25) is 4.79 Å². The smallest absolute Gasteiger partial charge is 0.254 e. The second kappa shape index (κ2) is 6.49. The van der Waals surface area contributed by atoms with Crippen LogP contribution in [0.4, 0.5) is 0 Å². The number of carbonyl (C=O) groups excluding carboxylic acids is 1. The van der Waals surface area contributed by atoms with E-state index in [-0.39, 0.29) is 23.5 Å². The van der Waals surface area contributed by atoms with Crippen LogP contribution in [-0.4, -0.2) is 41.4 Å². The molecule has 21 heavy (non-hydrogen) atoms. The molecule has 2 unspecified atom stereocenters. The van der Waals surface area contributed by atoms with E-state index in [1.165, 1.54) is 5.56 Å². The monoisotopic (exact) mass is 353 g/mol. The lowest BCUT2D eigenvalue weighted by atomic mass is 9.86. The van der Waals surface area contributed by atoms with E-state index in [9.17, 15) is 4.79 Å². The number of carbonyl (C=O) groups is 1. The molecule has 1 fully saturated rings. The van der Waals surface area contributed by atoms with Crippen LogP contribution in [0.3, 0.4) is 0 Å². The first-order valence-electron chi connectivity index (χ1n) is 7.42. The summed E-state index contributed by atoms with van der Waals surface area (Å²) in [7, 11) is 0. The molecular weight excluding hydrogens is 330 g/mol. The maximum absolute atomic E-state index is 12.7. The highest BCUT2D eigenvalue weighted by atomic mass is 79.9. The molecule has 1 aromatic rings. The summed E-state index contributed by atoms with van der Waals surface area (Å²) >= 11 is 3.43. The van der Waals surface area contributed by atoms with E-state index < -0.39 is 0 Å². The first-order valence-corrected chi connectivity index (χ1v) is 8.54. The average Bonchev–Trinajstić information content (AvgIpc) is 2.46. The number of hydrogen-bond donors (Lipinski definition) is 0. The van der Waals surface area contributed by atoms with Gasteiger partial charge in [-0.15, -0.1) is 0 Å². The summed E-state index contributed by atoms with van der Waals surface area (Å²) in [5, 5.41) is 0.756. The molecule has 2 atom stereocenters. The van der Waals surface area contributed by atoms with Crippen LogP contribution >= 0.6 is 15.9 Å². The van der Waals surface area contributed by atoms with E-state index in [0.29, 0.717) is 13.2 Å². The lowest BCUT2D eigenvalue weighted by Gasteiger charge is -2.37. The Hall–Kier alpha value is -0.870. The second-order valence-electron chi connectivity index (χ2n) is 6.74.